The Balaban J connectivity index is 1.85. The quantitative estimate of drug-likeness (QED) is 0.275. The van der Waals surface area contributed by atoms with Crippen LogP contribution in [0.3, 0.4) is 0 Å². The van der Waals surface area contributed by atoms with E-state index in [4.69, 9.17) is 18.3 Å². The van der Waals surface area contributed by atoms with Crippen molar-refractivity contribution in [1.29, 1.82) is 0 Å². The Bertz CT molecular complexity index is 1040. The summed E-state index contributed by atoms with van der Waals surface area (Å²) in [4.78, 5) is 17.5. The van der Waals surface area contributed by atoms with Crippen molar-refractivity contribution >= 4 is 13.6 Å². The number of alkyl halides is 2. The number of benzene rings is 1. The summed E-state index contributed by atoms with van der Waals surface area (Å²) in [7, 11) is -3.91. The molecule has 1 aliphatic carbocycles. The first kappa shape index (κ1) is 27.2. The Morgan fingerprint density at radius 2 is 1.74 bits per heavy atom. The second kappa shape index (κ2) is 10.7. The number of halogens is 2. The van der Waals surface area contributed by atoms with Gasteiger partial charge in [0.2, 0.25) is 5.89 Å². The van der Waals surface area contributed by atoms with Crippen LogP contribution in [0.4, 0.5) is 8.78 Å². The normalized spacial score (nSPS) is 16.2. The minimum absolute atomic E-state index is 0.0520. The van der Waals surface area contributed by atoms with E-state index in [9.17, 15) is 18.1 Å². The zero-order valence-electron chi connectivity index (χ0n) is 20.5. The molecule has 9 nitrogen and oxygen atoms in total. The van der Waals surface area contributed by atoms with E-state index in [1.165, 1.54) is 12.1 Å². The number of carbonyl (C=O) groups excluding carboxylic acids is 1. The SMILES string of the molecule is CCOP(=O)(OCC)C(Cc1nc(C2(c3ccc(OC(F)F)cc3)CC2)no1)C(=O)OC(C)(C)C. The van der Waals surface area contributed by atoms with Gasteiger partial charge in [-0.1, -0.05) is 17.3 Å². The summed E-state index contributed by atoms with van der Waals surface area (Å²) in [5.74, 6) is -0.227. The molecule has 35 heavy (non-hydrogen) atoms. The molecule has 1 saturated carbocycles. The van der Waals surface area contributed by atoms with Crippen LogP contribution >= 0.6 is 7.60 Å². The van der Waals surface area contributed by atoms with Crippen LogP contribution in [0.5, 0.6) is 5.75 Å². The molecule has 1 aromatic heterocycles. The standard InChI is InChI=1S/C23H31F2N2O7P/c1-6-30-35(29,31-7-2)17(19(28)33-22(3,4)5)14-18-26-20(27-34-18)23(12-13-23)15-8-10-16(11-9-15)32-21(24)25/h8-11,17,21H,6-7,12-14H2,1-5H3. The Morgan fingerprint density at radius 1 is 1.14 bits per heavy atom. The lowest BCUT2D eigenvalue weighted by atomic mass is 9.95. The van der Waals surface area contributed by atoms with Crippen molar-refractivity contribution in [3.8, 4) is 5.75 Å². The zero-order valence-corrected chi connectivity index (χ0v) is 21.3. The Morgan fingerprint density at radius 3 is 2.23 bits per heavy atom. The fourth-order valence-corrected chi connectivity index (χ4v) is 5.54. The summed E-state index contributed by atoms with van der Waals surface area (Å²) in [6, 6.07) is 6.29. The van der Waals surface area contributed by atoms with Crippen molar-refractivity contribution in [2.45, 2.75) is 77.2 Å². The van der Waals surface area contributed by atoms with Crippen molar-refractivity contribution in [2.24, 2.45) is 0 Å². The molecule has 194 valence electrons. The van der Waals surface area contributed by atoms with Crippen LogP contribution in [0.2, 0.25) is 0 Å². The van der Waals surface area contributed by atoms with E-state index in [0.29, 0.717) is 5.82 Å². The average molecular weight is 516 g/mol. The first-order chi connectivity index (χ1) is 16.4. The highest BCUT2D eigenvalue weighted by Crippen LogP contribution is 2.55. The molecule has 0 radical (unpaired) electrons. The molecule has 1 heterocycles. The highest BCUT2D eigenvalue weighted by atomic mass is 31.2. The number of carbonyl (C=O) groups is 1. The van der Waals surface area contributed by atoms with E-state index < -0.39 is 36.9 Å². The van der Waals surface area contributed by atoms with E-state index in [0.717, 1.165) is 18.4 Å². The molecule has 0 N–H and O–H groups in total. The summed E-state index contributed by atoms with van der Waals surface area (Å²) < 4.78 is 64.5. The molecule has 1 aliphatic rings. The van der Waals surface area contributed by atoms with E-state index in [1.54, 1.807) is 46.8 Å². The molecule has 3 rings (SSSR count). The third kappa shape index (κ3) is 6.65. The average Bonchev–Trinajstić information content (AvgIpc) is 3.42. The van der Waals surface area contributed by atoms with Crippen LogP contribution in [-0.2, 0) is 35.0 Å². The summed E-state index contributed by atoms with van der Waals surface area (Å²) in [5.41, 5.74) is -1.83. The molecule has 2 aromatic rings. The summed E-state index contributed by atoms with van der Waals surface area (Å²) >= 11 is 0. The molecule has 0 aliphatic heterocycles. The van der Waals surface area contributed by atoms with Gasteiger partial charge < -0.3 is 23.0 Å². The van der Waals surface area contributed by atoms with Gasteiger partial charge in [-0.2, -0.15) is 13.8 Å². The third-order valence-corrected chi connectivity index (χ3v) is 7.72. The topological polar surface area (TPSA) is 110 Å². The second-order valence-electron chi connectivity index (χ2n) is 9.13. The smallest absolute Gasteiger partial charge is 0.387 e. The number of ether oxygens (including phenoxy) is 2. The van der Waals surface area contributed by atoms with Crippen molar-refractivity contribution in [3.05, 3.63) is 41.5 Å². The molecular formula is C23H31F2N2O7P. The molecule has 1 aromatic carbocycles. The molecule has 1 fully saturated rings. The van der Waals surface area contributed by atoms with E-state index in [-0.39, 0.29) is 31.3 Å². The lowest BCUT2D eigenvalue weighted by Crippen LogP contribution is -2.34. The Kier molecular flexibility index (Phi) is 8.34. The van der Waals surface area contributed by atoms with E-state index in [1.807, 2.05) is 0 Å². The van der Waals surface area contributed by atoms with Gasteiger partial charge in [0.1, 0.15) is 11.4 Å². The van der Waals surface area contributed by atoms with Crippen LogP contribution in [0.15, 0.2) is 28.8 Å². The molecule has 0 saturated heterocycles. The van der Waals surface area contributed by atoms with Gasteiger partial charge in [0, 0.05) is 0 Å². The summed E-state index contributed by atoms with van der Waals surface area (Å²) in [6.45, 7) is 5.64. The maximum atomic E-state index is 13.5. The van der Waals surface area contributed by atoms with Gasteiger partial charge >= 0.3 is 20.2 Å². The predicted molar refractivity (Wildman–Crippen MR) is 122 cm³/mol. The van der Waals surface area contributed by atoms with Gasteiger partial charge in [0.25, 0.3) is 0 Å². The lowest BCUT2D eigenvalue weighted by molar-refractivity contribution is -0.154. The fourth-order valence-electron chi connectivity index (χ4n) is 3.69. The maximum absolute atomic E-state index is 13.5. The van der Waals surface area contributed by atoms with Crippen LogP contribution in [0.1, 0.15) is 64.7 Å². The lowest BCUT2D eigenvalue weighted by Gasteiger charge is -2.27. The largest absolute Gasteiger partial charge is 0.459 e. The third-order valence-electron chi connectivity index (χ3n) is 5.32. The van der Waals surface area contributed by atoms with Gasteiger partial charge in [0.15, 0.2) is 11.5 Å². The predicted octanol–water partition coefficient (Wildman–Crippen LogP) is 5.27. The van der Waals surface area contributed by atoms with Crippen LogP contribution < -0.4 is 4.74 Å². The number of nitrogens with zero attached hydrogens (tertiary/aromatic N) is 2. The summed E-state index contributed by atoms with van der Waals surface area (Å²) in [5, 5.41) is 4.10. The van der Waals surface area contributed by atoms with Crippen LogP contribution in [0, 0.1) is 0 Å². The fraction of sp³-hybridized carbons (Fsp3) is 0.609. The van der Waals surface area contributed by atoms with Gasteiger partial charge in [-0.15, -0.1) is 0 Å². The second-order valence-corrected chi connectivity index (χ2v) is 11.3. The monoisotopic (exact) mass is 516 g/mol. The maximum Gasteiger partial charge on any atom is 0.387 e. The van der Waals surface area contributed by atoms with E-state index >= 15 is 0 Å². The molecule has 0 bridgehead atoms. The minimum Gasteiger partial charge on any atom is -0.459 e. The number of aromatic nitrogens is 2. The molecule has 1 atom stereocenters. The molecule has 0 amide bonds. The highest BCUT2D eigenvalue weighted by Gasteiger charge is 2.51. The van der Waals surface area contributed by atoms with Crippen molar-refractivity contribution < 1.29 is 41.2 Å². The van der Waals surface area contributed by atoms with Gasteiger partial charge in [-0.05, 0) is 65.2 Å². The first-order valence-corrected chi connectivity index (χ1v) is 13.0. The molecule has 12 heteroatoms. The minimum atomic E-state index is -3.91. The zero-order chi connectivity index (χ0) is 25.9. The van der Waals surface area contributed by atoms with Crippen molar-refractivity contribution in [3.63, 3.8) is 0 Å². The number of hydrogen-bond acceptors (Lipinski definition) is 9. The van der Waals surface area contributed by atoms with Crippen LogP contribution in [0.25, 0.3) is 0 Å². The number of esters is 1. The van der Waals surface area contributed by atoms with E-state index in [2.05, 4.69) is 14.9 Å². The van der Waals surface area contributed by atoms with Crippen molar-refractivity contribution in [1.82, 2.24) is 10.1 Å². The van der Waals surface area contributed by atoms with Gasteiger partial charge in [-0.25, -0.2) is 0 Å². The first-order valence-electron chi connectivity index (χ1n) is 11.4. The van der Waals surface area contributed by atoms with Crippen molar-refractivity contribution in [2.75, 3.05) is 13.2 Å². The Labute approximate surface area is 203 Å². The Hall–Kier alpha value is -2.36. The van der Waals surface area contributed by atoms with Gasteiger partial charge in [0.05, 0.1) is 25.0 Å². The number of hydrogen-bond donors (Lipinski definition) is 0. The summed E-state index contributed by atoms with van der Waals surface area (Å²) in [6.07, 6.45) is 1.26. The highest BCUT2D eigenvalue weighted by molar-refractivity contribution is 7.55. The van der Waals surface area contributed by atoms with Gasteiger partial charge in [-0.3, -0.25) is 9.36 Å². The molecule has 1 unspecified atom stereocenters. The van der Waals surface area contributed by atoms with Crippen LogP contribution in [-0.4, -0.2) is 47.2 Å². The molecular weight excluding hydrogens is 485 g/mol. The molecule has 0 spiro atoms. The number of rotatable bonds is 12.